The summed E-state index contributed by atoms with van der Waals surface area (Å²) >= 11 is 0. The Bertz CT molecular complexity index is 975. The molecule has 1 aromatic carbocycles. The molecule has 28 heavy (non-hydrogen) atoms. The van der Waals surface area contributed by atoms with Gasteiger partial charge in [0.05, 0.1) is 25.5 Å². The predicted molar refractivity (Wildman–Crippen MR) is 103 cm³/mol. The lowest BCUT2D eigenvalue weighted by Gasteiger charge is -2.35. The van der Waals surface area contributed by atoms with Crippen LogP contribution >= 0.6 is 0 Å². The topological polar surface area (TPSA) is 87.7 Å². The molecule has 1 fully saturated rings. The standard InChI is InChI=1S/C21H23N3O4/c1-27-16-7-5-15(6-8-16)18-17-4-2-3-11-24(17)19(22-18)20(26)23-21(14-25)9-12-28-13-10-21/h2-8,11,25H,9-10,12-14H2,1H3,(H,23,26)/p+1. The Morgan fingerprint density at radius 2 is 2.00 bits per heavy atom. The van der Waals surface area contributed by atoms with E-state index in [0.29, 0.717) is 31.9 Å². The van der Waals surface area contributed by atoms with E-state index in [1.165, 1.54) is 0 Å². The molecule has 1 aliphatic rings. The molecule has 0 spiro atoms. The average molecular weight is 382 g/mol. The molecule has 0 bridgehead atoms. The molecule has 3 N–H and O–H groups in total. The van der Waals surface area contributed by atoms with Crippen molar-refractivity contribution in [1.82, 2.24) is 10.3 Å². The largest absolute Gasteiger partial charge is 0.497 e. The van der Waals surface area contributed by atoms with Gasteiger partial charge in [0, 0.05) is 18.8 Å². The molecule has 3 heterocycles. The second-order valence-electron chi connectivity index (χ2n) is 7.04. The molecule has 146 valence electrons. The SMILES string of the molecule is COc1ccc(-c2[nH]c(C(=O)NC3(CO)CCOCC3)[n+]3ccccc23)cc1. The number of fused-ring (bicyclic) bond motifs is 1. The zero-order chi connectivity index (χ0) is 19.6. The van der Waals surface area contributed by atoms with Gasteiger partial charge < -0.3 is 19.9 Å². The second-order valence-corrected chi connectivity index (χ2v) is 7.04. The fraction of sp³-hybridized carbons (Fsp3) is 0.333. The van der Waals surface area contributed by atoms with Gasteiger partial charge in [-0.25, -0.2) is 4.98 Å². The quantitative estimate of drug-likeness (QED) is 0.586. The molecule has 7 heteroatoms. The fourth-order valence-corrected chi connectivity index (χ4v) is 3.61. The number of carbonyl (C=O) groups is 1. The molecule has 1 saturated heterocycles. The third kappa shape index (κ3) is 3.34. The van der Waals surface area contributed by atoms with Crippen molar-refractivity contribution in [2.45, 2.75) is 18.4 Å². The van der Waals surface area contributed by atoms with Gasteiger partial charge in [0.2, 0.25) is 0 Å². The molecule has 4 rings (SSSR count). The third-order valence-electron chi connectivity index (χ3n) is 5.33. The number of pyridine rings is 1. The molecule has 7 nitrogen and oxygen atoms in total. The van der Waals surface area contributed by atoms with Gasteiger partial charge in [-0.3, -0.25) is 4.79 Å². The lowest BCUT2D eigenvalue weighted by Crippen LogP contribution is -2.55. The summed E-state index contributed by atoms with van der Waals surface area (Å²) in [5.41, 5.74) is 2.04. The minimum Gasteiger partial charge on any atom is -0.497 e. The van der Waals surface area contributed by atoms with E-state index in [9.17, 15) is 9.90 Å². The van der Waals surface area contributed by atoms with E-state index in [2.05, 4.69) is 10.3 Å². The van der Waals surface area contributed by atoms with Gasteiger partial charge >= 0.3 is 11.7 Å². The van der Waals surface area contributed by atoms with Crippen molar-refractivity contribution in [1.29, 1.82) is 0 Å². The summed E-state index contributed by atoms with van der Waals surface area (Å²) in [5.74, 6) is 0.937. The number of hydrogen-bond donors (Lipinski definition) is 3. The van der Waals surface area contributed by atoms with E-state index in [1.54, 1.807) is 7.11 Å². The second kappa shape index (κ2) is 7.61. The van der Waals surface area contributed by atoms with Gasteiger partial charge in [-0.2, -0.15) is 4.40 Å². The molecule has 2 aromatic heterocycles. The highest BCUT2D eigenvalue weighted by Gasteiger charge is 2.36. The van der Waals surface area contributed by atoms with Gasteiger partial charge in [0.15, 0.2) is 11.2 Å². The number of rotatable bonds is 5. The van der Waals surface area contributed by atoms with E-state index in [4.69, 9.17) is 9.47 Å². The minimum atomic E-state index is -0.650. The maximum atomic E-state index is 13.1. The van der Waals surface area contributed by atoms with Crippen LogP contribution in [0.25, 0.3) is 16.8 Å². The molecule has 1 amide bonds. The number of nitrogens with one attached hydrogen (secondary N) is 2. The molecule has 0 atom stereocenters. The Balaban J connectivity index is 1.72. The van der Waals surface area contributed by atoms with Crippen molar-refractivity contribution >= 4 is 11.4 Å². The Hall–Kier alpha value is -2.90. The Kier molecular flexibility index (Phi) is 5.02. The molecule has 0 radical (unpaired) electrons. The number of benzene rings is 1. The number of ether oxygens (including phenoxy) is 2. The minimum absolute atomic E-state index is 0.114. The van der Waals surface area contributed by atoms with Crippen LogP contribution in [0.15, 0.2) is 48.7 Å². The zero-order valence-electron chi connectivity index (χ0n) is 15.8. The van der Waals surface area contributed by atoms with Crippen LogP contribution in [0, 0.1) is 0 Å². The van der Waals surface area contributed by atoms with Gasteiger partial charge in [-0.15, -0.1) is 0 Å². The zero-order valence-corrected chi connectivity index (χ0v) is 15.8. The van der Waals surface area contributed by atoms with Crippen molar-refractivity contribution < 1.29 is 23.8 Å². The van der Waals surface area contributed by atoms with Crippen molar-refractivity contribution in [3.05, 3.63) is 54.5 Å². The molecule has 3 aromatic rings. The number of aliphatic hydroxyl groups excluding tert-OH is 1. The summed E-state index contributed by atoms with van der Waals surface area (Å²) in [5, 5.41) is 12.9. The molecular weight excluding hydrogens is 358 g/mol. The first-order valence-electron chi connectivity index (χ1n) is 9.34. The molecule has 0 saturated carbocycles. The maximum absolute atomic E-state index is 13.1. The van der Waals surface area contributed by atoms with Crippen LogP contribution < -0.4 is 14.5 Å². The van der Waals surface area contributed by atoms with Crippen molar-refractivity contribution in [3.63, 3.8) is 0 Å². The molecular formula is C21H24N3O4+. The number of carbonyl (C=O) groups excluding carboxylic acids is 1. The monoisotopic (exact) mass is 382 g/mol. The highest BCUT2D eigenvalue weighted by Crippen LogP contribution is 2.25. The summed E-state index contributed by atoms with van der Waals surface area (Å²) in [6.07, 6.45) is 3.02. The normalized spacial score (nSPS) is 16.1. The lowest BCUT2D eigenvalue weighted by atomic mass is 9.91. The summed E-state index contributed by atoms with van der Waals surface area (Å²) in [7, 11) is 1.63. The number of H-pyrrole nitrogens is 1. The molecule has 0 unspecified atom stereocenters. The first kappa shape index (κ1) is 18.5. The Labute approximate surface area is 162 Å². The Morgan fingerprint density at radius 3 is 2.68 bits per heavy atom. The number of hydrogen-bond acceptors (Lipinski definition) is 4. The van der Waals surface area contributed by atoms with Crippen LogP contribution in [0.3, 0.4) is 0 Å². The highest BCUT2D eigenvalue weighted by molar-refractivity contribution is 5.92. The first-order valence-corrected chi connectivity index (χ1v) is 9.34. The number of imidazole rings is 1. The summed E-state index contributed by atoms with van der Waals surface area (Å²) < 4.78 is 12.4. The van der Waals surface area contributed by atoms with Crippen LogP contribution in [-0.2, 0) is 4.74 Å². The van der Waals surface area contributed by atoms with Gasteiger partial charge in [0.1, 0.15) is 5.75 Å². The van der Waals surface area contributed by atoms with Crippen LogP contribution in [0.2, 0.25) is 0 Å². The van der Waals surface area contributed by atoms with Crippen molar-refractivity contribution in [2.24, 2.45) is 0 Å². The lowest BCUT2D eigenvalue weighted by molar-refractivity contribution is -0.514. The fourth-order valence-electron chi connectivity index (χ4n) is 3.61. The number of amides is 1. The van der Waals surface area contributed by atoms with Crippen LogP contribution in [-0.4, -0.2) is 48.5 Å². The number of methoxy groups -OCH3 is 1. The van der Waals surface area contributed by atoms with Crippen molar-refractivity contribution in [2.75, 3.05) is 26.9 Å². The van der Waals surface area contributed by atoms with E-state index in [1.807, 2.05) is 53.1 Å². The first-order chi connectivity index (χ1) is 13.7. The van der Waals surface area contributed by atoms with Gasteiger partial charge in [-0.05, 0) is 49.2 Å². The van der Waals surface area contributed by atoms with E-state index < -0.39 is 5.54 Å². The van der Waals surface area contributed by atoms with E-state index >= 15 is 0 Å². The smallest absolute Gasteiger partial charge is 0.351 e. The Morgan fingerprint density at radius 1 is 1.25 bits per heavy atom. The summed E-state index contributed by atoms with van der Waals surface area (Å²) in [6.45, 7) is 0.934. The van der Waals surface area contributed by atoms with Gasteiger partial charge in [-0.1, -0.05) is 6.07 Å². The number of aliphatic hydroxyl groups is 1. The van der Waals surface area contributed by atoms with E-state index in [0.717, 1.165) is 22.5 Å². The average Bonchev–Trinajstić information content (AvgIpc) is 3.14. The maximum Gasteiger partial charge on any atom is 0.351 e. The number of aromatic amines is 1. The van der Waals surface area contributed by atoms with Crippen molar-refractivity contribution in [3.8, 4) is 17.0 Å². The number of nitrogens with zero attached hydrogens (tertiary/aromatic N) is 1. The van der Waals surface area contributed by atoms with E-state index in [-0.39, 0.29) is 12.5 Å². The summed E-state index contributed by atoms with van der Waals surface area (Å²) in [4.78, 5) is 16.4. The molecule has 1 aliphatic heterocycles. The van der Waals surface area contributed by atoms with Crippen LogP contribution in [0.5, 0.6) is 5.75 Å². The van der Waals surface area contributed by atoms with Crippen LogP contribution in [0.4, 0.5) is 0 Å². The third-order valence-corrected chi connectivity index (χ3v) is 5.33. The molecule has 0 aliphatic carbocycles. The number of aromatic nitrogens is 2. The predicted octanol–water partition coefficient (Wildman–Crippen LogP) is 1.70. The highest BCUT2D eigenvalue weighted by atomic mass is 16.5. The van der Waals surface area contributed by atoms with Crippen LogP contribution in [0.1, 0.15) is 23.5 Å². The van der Waals surface area contributed by atoms with Gasteiger partial charge in [0.25, 0.3) is 0 Å². The summed E-state index contributed by atoms with van der Waals surface area (Å²) in [6, 6.07) is 13.5.